The van der Waals surface area contributed by atoms with E-state index in [4.69, 9.17) is 0 Å². The Morgan fingerprint density at radius 2 is 2.21 bits per heavy atom. The second-order valence-corrected chi connectivity index (χ2v) is 6.57. The predicted molar refractivity (Wildman–Crippen MR) is 94.0 cm³/mol. The fourth-order valence-electron chi connectivity index (χ4n) is 3.26. The van der Waals surface area contributed by atoms with Gasteiger partial charge in [0, 0.05) is 48.0 Å². The van der Waals surface area contributed by atoms with Crippen molar-refractivity contribution >= 4 is 16.8 Å². The van der Waals surface area contributed by atoms with Crippen LogP contribution < -0.4 is 5.32 Å². The van der Waals surface area contributed by atoms with Gasteiger partial charge in [-0.15, -0.1) is 0 Å². The van der Waals surface area contributed by atoms with Crippen molar-refractivity contribution in [2.24, 2.45) is 0 Å². The number of carbonyl (C=O) groups is 1. The fourth-order valence-corrected chi connectivity index (χ4v) is 3.26. The third-order valence-corrected chi connectivity index (χ3v) is 4.71. The number of aryl methyl sites for hydroxylation is 1. The Morgan fingerprint density at radius 1 is 1.38 bits per heavy atom. The van der Waals surface area contributed by atoms with Gasteiger partial charge in [-0.3, -0.25) is 4.79 Å². The number of carbonyl (C=O) groups excluding carboxylic acids is 1. The molecule has 3 aromatic rings. The van der Waals surface area contributed by atoms with Crippen LogP contribution >= 0.6 is 0 Å². The lowest BCUT2D eigenvalue weighted by molar-refractivity contribution is -0.120. The second-order valence-electron chi connectivity index (χ2n) is 6.57. The summed E-state index contributed by atoms with van der Waals surface area (Å²) in [5.74, 6) is 1.87. The first kappa shape index (κ1) is 15.0. The average molecular weight is 322 g/mol. The van der Waals surface area contributed by atoms with Crippen molar-refractivity contribution in [2.75, 3.05) is 6.54 Å². The van der Waals surface area contributed by atoms with E-state index >= 15 is 0 Å². The van der Waals surface area contributed by atoms with Crippen LogP contribution in [0.5, 0.6) is 0 Å². The normalized spacial score (nSPS) is 14.2. The van der Waals surface area contributed by atoms with Crippen molar-refractivity contribution in [1.29, 1.82) is 0 Å². The number of fused-ring (bicyclic) bond motifs is 1. The summed E-state index contributed by atoms with van der Waals surface area (Å²) in [6, 6.07) is 8.07. The van der Waals surface area contributed by atoms with Gasteiger partial charge in [0.1, 0.15) is 5.82 Å². The molecule has 2 heterocycles. The molecule has 2 N–H and O–H groups in total. The summed E-state index contributed by atoms with van der Waals surface area (Å²) in [5.41, 5.74) is 3.28. The minimum atomic E-state index is 0.0606. The summed E-state index contributed by atoms with van der Waals surface area (Å²) in [6.07, 6.45) is 6.74. The Balaban J connectivity index is 1.35. The molecule has 5 nitrogen and oxygen atoms in total. The zero-order chi connectivity index (χ0) is 16.5. The number of hydrogen-bond acceptors (Lipinski definition) is 2. The molecule has 1 fully saturated rings. The van der Waals surface area contributed by atoms with Crippen molar-refractivity contribution < 1.29 is 4.79 Å². The highest BCUT2D eigenvalue weighted by atomic mass is 16.1. The number of amides is 1. The molecular formula is C19H22N4O. The maximum absolute atomic E-state index is 12.2. The van der Waals surface area contributed by atoms with E-state index in [-0.39, 0.29) is 5.91 Å². The Kier molecular flexibility index (Phi) is 3.84. The summed E-state index contributed by atoms with van der Waals surface area (Å²) < 4.78 is 2.24. The molecule has 124 valence electrons. The van der Waals surface area contributed by atoms with Crippen molar-refractivity contribution in [3.05, 3.63) is 53.7 Å². The molecule has 1 aromatic carbocycles. The molecule has 5 heteroatoms. The van der Waals surface area contributed by atoms with E-state index in [2.05, 4.69) is 26.8 Å². The molecule has 24 heavy (non-hydrogen) atoms. The van der Waals surface area contributed by atoms with Crippen molar-refractivity contribution in [3.8, 4) is 0 Å². The van der Waals surface area contributed by atoms with Crippen LogP contribution in [0.3, 0.4) is 0 Å². The second kappa shape index (κ2) is 6.15. The van der Waals surface area contributed by atoms with Gasteiger partial charge >= 0.3 is 0 Å². The monoisotopic (exact) mass is 322 g/mol. The smallest absolute Gasteiger partial charge is 0.224 e. The lowest BCUT2D eigenvalue weighted by atomic mass is 10.1. The highest BCUT2D eigenvalue weighted by Gasteiger charge is 2.28. The highest BCUT2D eigenvalue weighted by Crippen LogP contribution is 2.39. The van der Waals surface area contributed by atoms with Crippen LogP contribution in [-0.4, -0.2) is 27.0 Å². The largest absolute Gasteiger partial charge is 0.361 e. The van der Waals surface area contributed by atoms with Crippen LogP contribution in [0, 0.1) is 6.92 Å². The van der Waals surface area contributed by atoms with Gasteiger partial charge in [-0.05, 0) is 31.4 Å². The summed E-state index contributed by atoms with van der Waals surface area (Å²) >= 11 is 0. The number of nitrogens with one attached hydrogen (secondary N) is 2. The molecule has 2 aromatic heterocycles. The number of aromatic amines is 1. The molecular weight excluding hydrogens is 300 g/mol. The first-order valence-corrected chi connectivity index (χ1v) is 8.56. The average Bonchev–Trinajstić information content (AvgIpc) is 3.26. The molecule has 1 aliphatic carbocycles. The van der Waals surface area contributed by atoms with Crippen LogP contribution in [0.2, 0.25) is 0 Å². The number of nitrogens with zero attached hydrogens (tertiary/aromatic N) is 2. The van der Waals surface area contributed by atoms with Crippen LogP contribution in [0.25, 0.3) is 10.9 Å². The molecule has 0 radical (unpaired) electrons. The Bertz CT molecular complexity index is 873. The zero-order valence-corrected chi connectivity index (χ0v) is 13.9. The minimum Gasteiger partial charge on any atom is -0.361 e. The molecule has 0 bridgehead atoms. The molecule has 0 spiro atoms. The number of aromatic nitrogens is 3. The van der Waals surface area contributed by atoms with Gasteiger partial charge in [-0.25, -0.2) is 4.98 Å². The molecule has 0 aliphatic heterocycles. The van der Waals surface area contributed by atoms with E-state index in [9.17, 15) is 4.79 Å². The minimum absolute atomic E-state index is 0.0606. The lowest BCUT2D eigenvalue weighted by Gasteiger charge is -2.10. The van der Waals surface area contributed by atoms with E-state index < -0.39 is 0 Å². The summed E-state index contributed by atoms with van der Waals surface area (Å²) in [4.78, 5) is 20.0. The zero-order valence-electron chi connectivity index (χ0n) is 13.9. The van der Waals surface area contributed by atoms with E-state index in [1.165, 1.54) is 24.4 Å². The van der Waals surface area contributed by atoms with Gasteiger partial charge in [-0.2, -0.15) is 0 Å². The summed E-state index contributed by atoms with van der Waals surface area (Å²) in [6.45, 7) is 3.50. The maximum atomic E-state index is 12.2. The molecule has 4 rings (SSSR count). The maximum Gasteiger partial charge on any atom is 0.224 e. The number of hydrogen-bond donors (Lipinski definition) is 2. The van der Waals surface area contributed by atoms with Gasteiger partial charge < -0.3 is 14.9 Å². The molecule has 0 saturated heterocycles. The Hall–Kier alpha value is -2.56. The molecule has 0 atom stereocenters. The van der Waals surface area contributed by atoms with E-state index in [0.29, 0.717) is 18.9 Å². The van der Waals surface area contributed by atoms with Crippen LogP contribution in [0.15, 0.2) is 36.7 Å². The lowest BCUT2D eigenvalue weighted by Crippen LogP contribution is -2.29. The number of benzene rings is 1. The van der Waals surface area contributed by atoms with Crippen molar-refractivity contribution in [2.45, 2.75) is 38.6 Å². The van der Waals surface area contributed by atoms with Gasteiger partial charge in [0.05, 0.1) is 6.42 Å². The summed E-state index contributed by atoms with van der Waals surface area (Å²) in [5, 5.41) is 4.16. The number of H-pyrrole nitrogens is 1. The highest BCUT2D eigenvalue weighted by molar-refractivity contribution is 5.88. The van der Waals surface area contributed by atoms with Crippen molar-refractivity contribution in [3.63, 3.8) is 0 Å². The quantitative estimate of drug-likeness (QED) is 0.733. The van der Waals surface area contributed by atoms with E-state index in [1.54, 1.807) is 0 Å². The fraction of sp³-hybridized carbons (Fsp3) is 0.368. The van der Waals surface area contributed by atoms with Crippen molar-refractivity contribution in [1.82, 2.24) is 19.9 Å². The number of para-hydroxylation sites is 1. The van der Waals surface area contributed by atoms with Crippen LogP contribution in [-0.2, 0) is 17.8 Å². The third kappa shape index (κ3) is 2.94. The Labute approximate surface area is 141 Å². The molecule has 1 amide bonds. The van der Waals surface area contributed by atoms with E-state index in [1.807, 2.05) is 36.7 Å². The van der Waals surface area contributed by atoms with E-state index in [0.717, 1.165) is 23.0 Å². The number of rotatable bonds is 6. The van der Waals surface area contributed by atoms with Gasteiger partial charge in [0.15, 0.2) is 0 Å². The predicted octanol–water partition coefficient (Wildman–Crippen LogP) is 2.91. The molecule has 0 unspecified atom stereocenters. The van der Waals surface area contributed by atoms with Crippen LogP contribution in [0.1, 0.15) is 35.8 Å². The standard InChI is InChI=1S/C19H22N4O/c1-13-11-22-19(14-6-7-14)23(13)9-8-20-18(24)10-15-12-21-17-5-3-2-4-16(15)17/h2-5,11-12,14,21H,6-10H2,1H3,(H,20,24). The molecule has 1 aliphatic rings. The Morgan fingerprint density at radius 3 is 3.04 bits per heavy atom. The van der Waals surface area contributed by atoms with Gasteiger partial charge in [-0.1, -0.05) is 18.2 Å². The van der Waals surface area contributed by atoms with Crippen LogP contribution in [0.4, 0.5) is 0 Å². The first-order valence-electron chi connectivity index (χ1n) is 8.56. The molecule has 1 saturated carbocycles. The number of imidazole rings is 1. The third-order valence-electron chi connectivity index (χ3n) is 4.71. The first-order chi connectivity index (χ1) is 11.7. The van der Waals surface area contributed by atoms with Gasteiger partial charge in [0.25, 0.3) is 0 Å². The van der Waals surface area contributed by atoms with Gasteiger partial charge in [0.2, 0.25) is 5.91 Å². The summed E-state index contributed by atoms with van der Waals surface area (Å²) in [7, 11) is 0. The SMILES string of the molecule is Cc1cnc(C2CC2)n1CCNC(=O)Cc1c[nH]c2ccccc12. The topological polar surface area (TPSA) is 62.7 Å².